The predicted octanol–water partition coefficient (Wildman–Crippen LogP) is 1.74. The molecule has 0 radical (unpaired) electrons. The number of hydrogen-bond donors (Lipinski definition) is 2. The smallest absolute Gasteiger partial charge is 0.0587 e. The van der Waals surface area contributed by atoms with Gasteiger partial charge in [-0.15, -0.1) is 24.8 Å². The van der Waals surface area contributed by atoms with Gasteiger partial charge >= 0.3 is 0 Å². The molecule has 0 aromatic heterocycles. The molecule has 98 valence electrons. The standard InChI is InChI=1S/C11H22N2O.2ClH/c1-7-8(2)13-11-6-9(14-3)4-5-10(11)12-7;;/h7-13H,4-6H2,1-3H3;2*1H. The van der Waals surface area contributed by atoms with Crippen molar-refractivity contribution < 1.29 is 4.74 Å². The first-order chi connectivity index (χ1) is 6.70. The lowest BCUT2D eigenvalue weighted by Gasteiger charge is -2.45. The van der Waals surface area contributed by atoms with Gasteiger partial charge in [-0.1, -0.05) is 0 Å². The van der Waals surface area contributed by atoms with Gasteiger partial charge in [0.05, 0.1) is 6.10 Å². The Morgan fingerprint density at radius 1 is 0.938 bits per heavy atom. The first-order valence-electron chi connectivity index (χ1n) is 5.75. The average Bonchev–Trinajstić information content (AvgIpc) is 2.19. The Morgan fingerprint density at radius 2 is 1.50 bits per heavy atom. The van der Waals surface area contributed by atoms with Crippen LogP contribution in [0.3, 0.4) is 0 Å². The van der Waals surface area contributed by atoms with E-state index in [1.54, 1.807) is 0 Å². The van der Waals surface area contributed by atoms with Gasteiger partial charge in [-0.3, -0.25) is 0 Å². The Hall–Kier alpha value is 0.460. The normalized spacial score (nSPS) is 42.6. The maximum absolute atomic E-state index is 5.43. The number of ether oxygens (including phenoxy) is 1. The fourth-order valence-electron chi connectivity index (χ4n) is 2.69. The summed E-state index contributed by atoms with van der Waals surface area (Å²) in [5.41, 5.74) is 0. The SMILES string of the molecule is COC1CCC2NC(C)C(C)NC2C1.Cl.Cl. The molecule has 1 saturated heterocycles. The monoisotopic (exact) mass is 270 g/mol. The van der Waals surface area contributed by atoms with Crippen LogP contribution >= 0.6 is 24.8 Å². The number of fused-ring (bicyclic) bond motifs is 1. The van der Waals surface area contributed by atoms with Gasteiger partial charge < -0.3 is 15.4 Å². The summed E-state index contributed by atoms with van der Waals surface area (Å²) in [7, 11) is 1.83. The van der Waals surface area contributed by atoms with Crippen molar-refractivity contribution in [3.05, 3.63) is 0 Å². The minimum atomic E-state index is 0. The third kappa shape index (κ3) is 3.47. The second-order valence-electron chi connectivity index (χ2n) is 4.79. The molecule has 1 aliphatic carbocycles. The highest BCUT2D eigenvalue weighted by Crippen LogP contribution is 2.24. The molecule has 0 amide bonds. The first-order valence-corrected chi connectivity index (χ1v) is 5.75. The van der Waals surface area contributed by atoms with Crippen LogP contribution in [0.15, 0.2) is 0 Å². The topological polar surface area (TPSA) is 33.3 Å². The summed E-state index contributed by atoms with van der Waals surface area (Å²) in [6, 6.07) is 2.44. The molecule has 2 fully saturated rings. The highest BCUT2D eigenvalue weighted by Gasteiger charge is 2.36. The van der Waals surface area contributed by atoms with Crippen molar-refractivity contribution in [3.8, 4) is 0 Å². The zero-order valence-corrected chi connectivity index (χ0v) is 11.9. The minimum absolute atomic E-state index is 0. The van der Waals surface area contributed by atoms with Gasteiger partial charge in [-0.2, -0.15) is 0 Å². The van der Waals surface area contributed by atoms with Crippen molar-refractivity contribution in [1.29, 1.82) is 0 Å². The van der Waals surface area contributed by atoms with Gasteiger partial charge in [0.25, 0.3) is 0 Å². The van der Waals surface area contributed by atoms with Gasteiger partial charge in [0, 0.05) is 31.3 Å². The van der Waals surface area contributed by atoms with E-state index in [4.69, 9.17) is 4.74 Å². The van der Waals surface area contributed by atoms with E-state index in [2.05, 4.69) is 24.5 Å². The molecule has 1 saturated carbocycles. The summed E-state index contributed by atoms with van der Waals surface area (Å²) in [4.78, 5) is 0. The number of halogens is 2. The lowest BCUT2D eigenvalue weighted by atomic mass is 9.84. The predicted molar refractivity (Wildman–Crippen MR) is 71.9 cm³/mol. The molecule has 5 unspecified atom stereocenters. The van der Waals surface area contributed by atoms with Crippen molar-refractivity contribution in [2.75, 3.05) is 7.11 Å². The second kappa shape index (κ2) is 7.02. The van der Waals surface area contributed by atoms with Crippen molar-refractivity contribution in [3.63, 3.8) is 0 Å². The second-order valence-corrected chi connectivity index (χ2v) is 4.79. The van der Waals surface area contributed by atoms with Crippen molar-refractivity contribution >= 4 is 24.8 Å². The fourth-order valence-corrected chi connectivity index (χ4v) is 2.69. The molecule has 0 bridgehead atoms. The molecule has 3 nitrogen and oxygen atoms in total. The Balaban J connectivity index is 0.00000112. The molecule has 5 heteroatoms. The molecule has 0 aromatic carbocycles. The average molecular weight is 271 g/mol. The summed E-state index contributed by atoms with van der Waals surface area (Å²) in [6.07, 6.45) is 4.07. The Bertz CT molecular complexity index is 202. The van der Waals surface area contributed by atoms with Gasteiger partial charge in [0.2, 0.25) is 0 Å². The maximum Gasteiger partial charge on any atom is 0.0587 e. The van der Waals surface area contributed by atoms with Crippen LogP contribution in [0.1, 0.15) is 33.1 Å². The lowest BCUT2D eigenvalue weighted by Crippen LogP contribution is -2.66. The van der Waals surface area contributed by atoms with E-state index in [9.17, 15) is 0 Å². The highest BCUT2D eigenvalue weighted by molar-refractivity contribution is 5.85. The van der Waals surface area contributed by atoms with Crippen LogP contribution in [0.2, 0.25) is 0 Å². The summed E-state index contributed by atoms with van der Waals surface area (Å²) in [5.74, 6) is 0. The van der Waals surface area contributed by atoms with Gasteiger partial charge in [0.1, 0.15) is 0 Å². The zero-order chi connectivity index (χ0) is 10.1. The molecule has 16 heavy (non-hydrogen) atoms. The first kappa shape index (κ1) is 16.5. The number of piperazine rings is 1. The van der Waals surface area contributed by atoms with E-state index in [1.165, 1.54) is 12.8 Å². The van der Waals surface area contributed by atoms with Gasteiger partial charge in [0.15, 0.2) is 0 Å². The van der Waals surface area contributed by atoms with E-state index in [1.807, 2.05) is 7.11 Å². The van der Waals surface area contributed by atoms with Crippen LogP contribution < -0.4 is 10.6 Å². The van der Waals surface area contributed by atoms with Crippen molar-refractivity contribution in [2.24, 2.45) is 0 Å². The van der Waals surface area contributed by atoms with E-state index >= 15 is 0 Å². The summed E-state index contributed by atoms with van der Waals surface area (Å²) in [6.45, 7) is 4.51. The third-order valence-corrected chi connectivity index (χ3v) is 3.84. The molecule has 2 rings (SSSR count). The Kier molecular flexibility index (Phi) is 7.22. The van der Waals surface area contributed by atoms with Crippen LogP contribution in [-0.2, 0) is 4.74 Å². The number of methoxy groups -OCH3 is 1. The summed E-state index contributed by atoms with van der Waals surface area (Å²) < 4.78 is 5.43. The quantitative estimate of drug-likeness (QED) is 0.762. The van der Waals surface area contributed by atoms with Crippen molar-refractivity contribution in [1.82, 2.24) is 10.6 Å². The van der Waals surface area contributed by atoms with Gasteiger partial charge in [-0.25, -0.2) is 0 Å². The van der Waals surface area contributed by atoms with E-state index < -0.39 is 0 Å². The molecular formula is C11H24Cl2N2O. The molecule has 0 spiro atoms. The fraction of sp³-hybridized carbons (Fsp3) is 1.00. The van der Waals surface area contributed by atoms with Crippen molar-refractivity contribution in [2.45, 2.75) is 63.4 Å². The van der Waals surface area contributed by atoms with Gasteiger partial charge in [-0.05, 0) is 33.1 Å². The largest absolute Gasteiger partial charge is 0.381 e. The zero-order valence-electron chi connectivity index (χ0n) is 10.2. The molecule has 2 N–H and O–H groups in total. The third-order valence-electron chi connectivity index (χ3n) is 3.84. The van der Waals surface area contributed by atoms with Crippen LogP contribution in [0.4, 0.5) is 0 Å². The van der Waals surface area contributed by atoms with Crippen LogP contribution in [0, 0.1) is 0 Å². The molecule has 2 aliphatic rings. The minimum Gasteiger partial charge on any atom is -0.381 e. The van der Waals surface area contributed by atoms with E-state index in [0.717, 1.165) is 6.42 Å². The Labute approximate surface area is 111 Å². The molecule has 5 atom stereocenters. The van der Waals surface area contributed by atoms with Crippen LogP contribution in [0.25, 0.3) is 0 Å². The number of hydrogen-bond acceptors (Lipinski definition) is 3. The number of rotatable bonds is 1. The molecule has 0 aromatic rings. The van der Waals surface area contributed by atoms with Crippen LogP contribution in [0.5, 0.6) is 0 Å². The molecule has 1 aliphatic heterocycles. The maximum atomic E-state index is 5.43. The molecule has 1 heterocycles. The van der Waals surface area contributed by atoms with Crippen LogP contribution in [-0.4, -0.2) is 37.4 Å². The molecular weight excluding hydrogens is 247 g/mol. The summed E-state index contributed by atoms with van der Waals surface area (Å²) >= 11 is 0. The van der Waals surface area contributed by atoms with E-state index in [0.29, 0.717) is 30.3 Å². The lowest BCUT2D eigenvalue weighted by molar-refractivity contribution is 0.0335. The Morgan fingerprint density at radius 3 is 2.06 bits per heavy atom. The number of nitrogens with one attached hydrogen (secondary N) is 2. The van der Waals surface area contributed by atoms with E-state index in [-0.39, 0.29) is 24.8 Å². The summed E-state index contributed by atoms with van der Waals surface area (Å²) in [5, 5.41) is 7.38. The highest BCUT2D eigenvalue weighted by atomic mass is 35.5.